The lowest BCUT2D eigenvalue weighted by molar-refractivity contribution is -0.111. The van der Waals surface area contributed by atoms with E-state index in [-0.39, 0.29) is 11.7 Å². The van der Waals surface area contributed by atoms with E-state index in [1.165, 1.54) is 12.8 Å². The van der Waals surface area contributed by atoms with Crippen molar-refractivity contribution in [3.63, 3.8) is 0 Å². The number of hydrogen-bond donors (Lipinski definition) is 0. The molecular formula is C20H28O. The summed E-state index contributed by atoms with van der Waals surface area (Å²) < 4.78 is 0. The normalized spacial score (nSPS) is 21.0. The van der Waals surface area contributed by atoms with Gasteiger partial charge in [0.05, 0.1) is 0 Å². The fraction of sp³-hybridized carbons (Fsp3) is 0.450. The molecule has 21 heavy (non-hydrogen) atoms. The predicted molar refractivity (Wildman–Crippen MR) is 92.2 cm³/mol. The van der Waals surface area contributed by atoms with E-state index in [4.69, 9.17) is 0 Å². The molecule has 0 aromatic heterocycles. The molecule has 0 aliphatic heterocycles. The number of ketones is 1. The first kappa shape index (κ1) is 17.4. The Labute approximate surface area is 129 Å². The quantitative estimate of drug-likeness (QED) is 0.301. The van der Waals surface area contributed by atoms with Gasteiger partial charge in [-0.1, -0.05) is 75.3 Å². The third-order valence-electron chi connectivity index (χ3n) is 3.53. The van der Waals surface area contributed by atoms with Crippen LogP contribution >= 0.6 is 0 Å². The zero-order valence-corrected chi connectivity index (χ0v) is 13.4. The largest absolute Gasteiger partial charge is 0.290 e. The molecule has 0 unspecified atom stereocenters. The third kappa shape index (κ3) is 7.08. The summed E-state index contributed by atoms with van der Waals surface area (Å²) in [7, 11) is 0. The van der Waals surface area contributed by atoms with Gasteiger partial charge < -0.3 is 0 Å². The van der Waals surface area contributed by atoms with Crippen molar-refractivity contribution in [2.75, 3.05) is 0 Å². The van der Waals surface area contributed by atoms with Crippen molar-refractivity contribution in [2.45, 2.75) is 52.4 Å². The van der Waals surface area contributed by atoms with Crippen LogP contribution in [-0.2, 0) is 4.79 Å². The highest BCUT2D eigenvalue weighted by Crippen LogP contribution is 2.25. The summed E-state index contributed by atoms with van der Waals surface area (Å²) in [6.07, 6.45) is 25.1. The topological polar surface area (TPSA) is 17.1 Å². The summed E-state index contributed by atoms with van der Waals surface area (Å²) in [5.74, 6) is 0.418. The van der Waals surface area contributed by atoms with Gasteiger partial charge in [0.1, 0.15) is 0 Å². The zero-order valence-electron chi connectivity index (χ0n) is 13.4. The maximum atomic E-state index is 11.9. The maximum absolute atomic E-state index is 11.9. The van der Waals surface area contributed by atoms with Crippen LogP contribution in [0.4, 0.5) is 0 Å². The summed E-state index contributed by atoms with van der Waals surface area (Å²) >= 11 is 0. The molecular weight excluding hydrogens is 256 g/mol. The van der Waals surface area contributed by atoms with Crippen molar-refractivity contribution in [1.29, 1.82) is 0 Å². The highest BCUT2D eigenvalue weighted by atomic mass is 16.1. The van der Waals surface area contributed by atoms with Crippen molar-refractivity contribution in [2.24, 2.45) is 5.92 Å². The van der Waals surface area contributed by atoms with Crippen LogP contribution in [-0.4, -0.2) is 5.78 Å². The van der Waals surface area contributed by atoms with E-state index in [1.807, 2.05) is 18.2 Å². The lowest BCUT2D eigenvalue weighted by Crippen LogP contribution is -2.01. The van der Waals surface area contributed by atoms with Crippen molar-refractivity contribution in [1.82, 2.24) is 0 Å². The highest BCUT2D eigenvalue weighted by Gasteiger charge is 2.20. The second kappa shape index (κ2) is 11.1. The molecule has 0 bridgehead atoms. The number of allylic oxidation sites excluding steroid dienone is 10. The number of rotatable bonds is 9. The Morgan fingerprint density at radius 1 is 1.10 bits per heavy atom. The number of carbonyl (C=O) groups excluding carboxylic acids is 1. The third-order valence-corrected chi connectivity index (χ3v) is 3.53. The van der Waals surface area contributed by atoms with Crippen LogP contribution in [0.3, 0.4) is 0 Å². The van der Waals surface area contributed by atoms with Crippen molar-refractivity contribution >= 4 is 5.78 Å². The number of unbranched alkanes of at least 4 members (excludes halogenated alkanes) is 2. The van der Waals surface area contributed by atoms with Crippen LogP contribution in [0, 0.1) is 5.92 Å². The fourth-order valence-electron chi connectivity index (χ4n) is 2.27. The minimum Gasteiger partial charge on any atom is -0.290 e. The van der Waals surface area contributed by atoms with E-state index < -0.39 is 0 Å². The highest BCUT2D eigenvalue weighted by molar-refractivity contribution is 6.07. The van der Waals surface area contributed by atoms with E-state index in [0.29, 0.717) is 0 Å². The SMILES string of the molecule is CC/C=C\C/C=C/C=C1/C(=O)C=C[C@@H]1C/C=C\CCCC. The smallest absolute Gasteiger partial charge is 0.182 e. The Morgan fingerprint density at radius 3 is 2.71 bits per heavy atom. The molecule has 0 amide bonds. The molecule has 0 fully saturated rings. The molecule has 0 aromatic carbocycles. The molecule has 1 aliphatic carbocycles. The molecule has 0 saturated heterocycles. The molecule has 1 heteroatoms. The number of hydrogen-bond acceptors (Lipinski definition) is 1. The van der Waals surface area contributed by atoms with Crippen LogP contribution in [0.15, 0.2) is 60.3 Å². The summed E-state index contributed by atoms with van der Waals surface area (Å²) in [4.78, 5) is 11.9. The molecule has 1 aliphatic rings. The Balaban J connectivity index is 2.48. The van der Waals surface area contributed by atoms with E-state index in [9.17, 15) is 4.79 Å². The zero-order chi connectivity index (χ0) is 15.3. The molecule has 1 rings (SSSR count). The van der Waals surface area contributed by atoms with Gasteiger partial charge in [-0.05, 0) is 31.8 Å². The molecule has 0 heterocycles. The Morgan fingerprint density at radius 2 is 1.95 bits per heavy atom. The first-order valence-corrected chi connectivity index (χ1v) is 8.18. The first-order valence-electron chi connectivity index (χ1n) is 8.18. The lowest BCUT2D eigenvalue weighted by Gasteiger charge is -2.06. The number of carbonyl (C=O) groups is 1. The molecule has 0 radical (unpaired) electrons. The lowest BCUT2D eigenvalue weighted by atomic mass is 9.97. The fourth-order valence-corrected chi connectivity index (χ4v) is 2.27. The van der Waals surface area contributed by atoms with E-state index in [1.54, 1.807) is 6.08 Å². The summed E-state index contributed by atoms with van der Waals surface area (Å²) in [6.45, 7) is 4.33. The van der Waals surface area contributed by atoms with Crippen molar-refractivity contribution in [3.8, 4) is 0 Å². The van der Waals surface area contributed by atoms with Gasteiger partial charge in [0.25, 0.3) is 0 Å². The summed E-state index contributed by atoms with van der Waals surface area (Å²) in [5.41, 5.74) is 0.922. The Hall–Kier alpha value is -1.63. The average molecular weight is 284 g/mol. The molecule has 114 valence electrons. The van der Waals surface area contributed by atoms with E-state index >= 15 is 0 Å². The van der Waals surface area contributed by atoms with Gasteiger partial charge in [-0.3, -0.25) is 4.79 Å². The molecule has 0 aromatic rings. The van der Waals surface area contributed by atoms with Crippen LogP contribution in [0.5, 0.6) is 0 Å². The second-order valence-electron chi connectivity index (χ2n) is 5.34. The predicted octanol–water partition coefficient (Wildman–Crippen LogP) is 5.72. The standard InChI is InChI=1S/C20H28O/c1-3-5-7-9-11-13-15-19-18(16-17-20(19)21)14-12-10-8-6-4-2/h5,7,10-13,15-18H,3-4,6,8-9,14H2,1-2H3/b7-5-,12-10-,13-11+,19-15+/t18-/m0/s1. The molecule has 0 saturated carbocycles. The monoisotopic (exact) mass is 284 g/mol. The van der Waals surface area contributed by atoms with E-state index in [2.05, 4.69) is 44.2 Å². The van der Waals surface area contributed by atoms with Crippen LogP contribution in [0.2, 0.25) is 0 Å². The summed E-state index contributed by atoms with van der Waals surface area (Å²) in [5, 5.41) is 0. The second-order valence-corrected chi connectivity index (χ2v) is 5.34. The minimum atomic E-state index is 0.163. The van der Waals surface area contributed by atoms with E-state index in [0.717, 1.165) is 31.3 Å². The molecule has 1 nitrogen and oxygen atoms in total. The summed E-state index contributed by atoms with van der Waals surface area (Å²) in [6, 6.07) is 0. The van der Waals surface area contributed by atoms with Crippen LogP contribution in [0.1, 0.15) is 52.4 Å². The van der Waals surface area contributed by atoms with Gasteiger partial charge >= 0.3 is 0 Å². The van der Waals surface area contributed by atoms with Gasteiger partial charge in [-0.2, -0.15) is 0 Å². The van der Waals surface area contributed by atoms with Crippen molar-refractivity contribution in [3.05, 3.63) is 60.3 Å². The minimum absolute atomic E-state index is 0.163. The first-order chi connectivity index (χ1) is 10.3. The molecule has 0 spiro atoms. The average Bonchev–Trinajstić information content (AvgIpc) is 2.83. The van der Waals surface area contributed by atoms with Gasteiger partial charge in [0.15, 0.2) is 5.78 Å². The molecule has 1 atom stereocenters. The van der Waals surface area contributed by atoms with Gasteiger partial charge in [-0.15, -0.1) is 0 Å². The van der Waals surface area contributed by atoms with Crippen molar-refractivity contribution < 1.29 is 4.79 Å². The maximum Gasteiger partial charge on any atom is 0.182 e. The van der Waals surface area contributed by atoms with Crippen LogP contribution < -0.4 is 0 Å². The Bertz CT molecular complexity index is 446. The molecule has 0 N–H and O–H groups in total. The Kier molecular flexibility index (Phi) is 9.19. The van der Waals surface area contributed by atoms with Crippen LogP contribution in [0.25, 0.3) is 0 Å². The van der Waals surface area contributed by atoms with Gasteiger partial charge in [-0.25, -0.2) is 0 Å². The van der Waals surface area contributed by atoms with Gasteiger partial charge in [0, 0.05) is 11.5 Å². The van der Waals surface area contributed by atoms with Gasteiger partial charge in [0.2, 0.25) is 0 Å².